The molecule has 3 aromatic carbocycles. The lowest BCUT2D eigenvalue weighted by Gasteiger charge is -2.01. The van der Waals surface area contributed by atoms with Gasteiger partial charge in [-0.2, -0.15) is 0 Å². The average molecular weight is 570 g/mol. The Kier molecular flexibility index (Phi) is 20.8. The molecule has 220 valence electrons. The molecule has 0 heterocycles. The molecule has 0 bridgehead atoms. The number of allylic oxidation sites excluding steroid dienone is 3. The van der Waals surface area contributed by atoms with Crippen LogP contribution >= 0.6 is 0 Å². The predicted molar refractivity (Wildman–Crippen MR) is 170 cm³/mol. The summed E-state index contributed by atoms with van der Waals surface area (Å²) in [7, 11) is 1.50. The minimum Gasteiger partial charge on any atom is -0.504 e. The van der Waals surface area contributed by atoms with Crippen molar-refractivity contribution in [2.45, 2.75) is 34.1 Å². The van der Waals surface area contributed by atoms with Crippen LogP contribution in [0.1, 0.15) is 45.2 Å². The Balaban J connectivity index is 0.000000545. The number of ether oxygens (including phenoxy) is 1. The zero-order valence-electron chi connectivity index (χ0n) is 24.8. The Labute approximate surface area is 248 Å². The third-order valence-corrected chi connectivity index (χ3v) is 4.53. The number of nitrogens with one attached hydrogen (secondary N) is 1. The van der Waals surface area contributed by atoms with E-state index in [1.54, 1.807) is 38.1 Å². The lowest BCUT2D eigenvalue weighted by molar-refractivity contribution is -0.124. The molecule has 1 N–H and O–H groups in total. The minimum absolute atomic E-state index is 0.00171. The summed E-state index contributed by atoms with van der Waals surface area (Å²) in [6, 6.07) is 28.6. The number of methoxy groups -OCH3 is 1. The van der Waals surface area contributed by atoms with Crippen LogP contribution in [0.25, 0.3) is 12.2 Å². The second-order valence-corrected chi connectivity index (χ2v) is 8.65. The Hall–Kier alpha value is -5.17. The van der Waals surface area contributed by atoms with Gasteiger partial charge in [0.1, 0.15) is 5.78 Å². The molecule has 0 saturated heterocycles. The van der Waals surface area contributed by atoms with Gasteiger partial charge in [0, 0.05) is 11.8 Å². The van der Waals surface area contributed by atoms with Gasteiger partial charge in [-0.25, -0.2) is 0 Å². The van der Waals surface area contributed by atoms with Crippen LogP contribution in [0.15, 0.2) is 115 Å². The molecule has 0 aliphatic carbocycles. The summed E-state index contributed by atoms with van der Waals surface area (Å²) in [5, 5.41) is 2.61. The van der Waals surface area contributed by atoms with Gasteiger partial charge in [0.05, 0.1) is 19.8 Å². The molecule has 0 aliphatic heterocycles. The Morgan fingerprint density at radius 3 is 1.29 bits per heavy atom. The van der Waals surface area contributed by atoms with Crippen molar-refractivity contribution in [1.29, 1.82) is 0 Å². The van der Waals surface area contributed by atoms with Crippen molar-refractivity contribution in [3.05, 3.63) is 127 Å². The molecule has 0 radical (unpaired) electrons. The van der Waals surface area contributed by atoms with E-state index in [4.69, 9.17) is 0 Å². The van der Waals surface area contributed by atoms with Crippen molar-refractivity contribution in [3.8, 4) is 0 Å². The predicted octanol–water partition coefficient (Wildman–Crippen LogP) is 6.92. The van der Waals surface area contributed by atoms with Crippen LogP contribution in [0.4, 0.5) is 5.69 Å². The number of Topliss-reactive ketones (excluding diaryl/α,β-unsaturated/α-hetero) is 1. The van der Waals surface area contributed by atoms with Crippen molar-refractivity contribution < 1.29 is 28.7 Å². The SMILES string of the molecule is CC(=O)C=Cc1ccccc1.CC(=O)C=Cc1ccccc1.CC(=O)CC(=O)Nc1ccccc1.COC=CC(C)=O. The highest BCUT2D eigenvalue weighted by molar-refractivity contribution is 6.03. The van der Waals surface area contributed by atoms with Gasteiger partial charge in [-0.1, -0.05) is 91.0 Å². The van der Waals surface area contributed by atoms with Gasteiger partial charge in [-0.05, 0) is 63.1 Å². The molecule has 0 fully saturated rings. The van der Waals surface area contributed by atoms with Gasteiger partial charge in [0.15, 0.2) is 17.3 Å². The summed E-state index contributed by atoms with van der Waals surface area (Å²) < 4.78 is 4.45. The number of hydrogen-bond acceptors (Lipinski definition) is 6. The van der Waals surface area contributed by atoms with E-state index in [-0.39, 0.29) is 35.5 Å². The highest BCUT2D eigenvalue weighted by atomic mass is 16.5. The summed E-state index contributed by atoms with van der Waals surface area (Å²) in [5.41, 5.74) is 2.83. The third kappa shape index (κ3) is 23.9. The van der Waals surface area contributed by atoms with Gasteiger partial charge < -0.3 is 10.1 Å². The monoisotopic (exact) mass is 569 g/mol. The van der Waals surface area contributed by atoms with E-state index in [0.29, 0.717) is 5.69 Å². The van der Waals surface area contributed by atoms with E-state index in [9.17, 15) is 24.0 Å². The smallest absolute Gasteiger partial charge is 0.231 e. The Bertz CT molecular complexity index is 1250. The van der Waals surface area contributed by atoms with E-state index < -0.39 is 0 Å². The summed E-state index contributed by atoms with van der Waals surface area (Å²) >= 11 is 0. The molecule has 0 spiro atoms. The number of amides is 1. The number of rotatable bonds is 9. The number of carbonyl (C=O) groups is 5. The largest absolute Gasteiger partial charge is 0.504 e. The van der Waals surface area contributed by atoms with Crippen molar-refractivity contribution in [1.82, 2.24) is 0 Å². The molecule has 42 heavy (non-hydrogen) atoms. The van der Waals surface area contributed by atoms with E-state index in [1.165, 1.54) is 33.3 Å². The van der Waals surface area contributed by atoms with Gasteiger partial charge in [0.25, 0.3) is 0 Å². The number of benzene rings is 3. The van der Waals surface area contributed by atoms with Crippen LogP contribution in [0, 0.1) is 0 Å². The van der Waals surface area contributed by atoms with E-state index in [1.807, 2.05) is 91.0 Å². The summed E-state index contributed by atoms with van der Waals surface area (Å²) in [6.45, 7) is 5.94. The maximum Gasteiger partial charge on any atom is 0.231 e. The number of para-hydroxylation sites is 1. The molecular formula is C35H39NO6. The first-order valence-electron chi connectivity index (χ1n) is 13.0. The highest BCUT2D eigenvalue weighted by Gasteiger charge is 2.04. The topological polar surface area (TPSA) is 107 Å². The third-order valence-electron chi connectivity index (χ3n) is 4.53. The quantitative estimate of drug-likeness (QED) is 0.170. The lowest BCUT2D eigenvalue weighted by atomic mass is 10.2. The molecule has 3 rings (SSSR count). The van der Waals surface area contributed by atoms with Gasteiger partial charge >= 0.3 is 0 Å². The standard InChI is InChI=1S/C10H11NO2.2C10H10O.C5H8O2/c1-8(12)7-10(13)11-9-5-3-2-4-6-9;2*1-9(11)7-8-10-5-3-2-4-6-10;1-5(6)3-4-7-2/h2-6H,7H2,1H3,(H,11,13);2*2-8H,1H3;3-4H,1-2H3. The van der Waals surface area contributed by atoms with Gasteiger partial charge in [-0.15, -0.1) is 0 Å². The van der Waals surface area contributed by atoms with Crippen LogP contribution in [-0.4, -0.2) is 36.1 Å². The van der Waals surface area contributed by atoms with E-state index in [2.05, 4.69) is 10.1 Å². The number of hydrogen-bond donors (Lipinski definition) is 1. The molecule has 7 nitrogen and oxygen atoms in total. The van der Waals surface area contributed by atoms with Crippen molar-refractivity contribution in [3.63, 3.8) is 0 Å². The Morgan fingerprint density at radius 1 is 0.595 bits per heavy atom. The van der Waals surface area contributed by atoms with Crippen LogP contribution in [0.5, 0.6) is 0 Å². The fraction of sp³-hybridized carbons (Fsp3) is 0.171. The van der Waals surface area contributed by atoms with Gasteiger partial charge in [0.2, 0.25) is 5.91 Å². The zero-order chi connectivity index (χ0) is 31.6. The maximum atomic E-state index is 11.1. The molecular weight excluding hydrogens is 530 g/mol. The lowest BCUT2D eigenvalue weighted by Crippen LogP contribution is -2.14. The maximum absolute atomic E-state index is 11.1. The summed E-state index contributed by atoms with van der Waals surface area (Å²) in [5.74, 6) is -0.239. The first-order chi connectivity index (χ1) is 20.0. The number of anilines is 1. The first kappa shape index (κ1) is 36.8. The van der Waals surface area contributed by atoms with Crippen molar-refractivity contribution in [2.75, 3.05) is 12.4 Å². The summed E-state index contributed by atoms with van der Waals surface area (Å²) in [4.78, 5) is 52.8. The van der Waals surface area contributed by atoms with Crippen LogP contribution in [0.2, 0.25) is 0 Å². The van der Waals surface area contributed by atoms with Crippen molar-refractivity contribution >= 4 is 46.9 Å². The van der Waals surface area contributed by atoms with E-state index in [0.717, 1.165) is 11.1 Å². The van der Waals surface area contributed by atoms with Crippen LogP contribution in [0.3, 0.4) is 0 Å². The van der Waals surface area contributed by atoms with Crippen molar-refractivity contribution in [2.24, 2.45) is 0 Å². The molecule has 0 unspecified atom stereocenters. The van der Waals surface area contributed by atoms with Crippen LogP contribution < -0.4 is 5.32 Å². The highest BCUT2D eigenvalue weighted by Crippen LogP contribution is 2.05. The fourth-order valence-electron chi connectivity index (χ4n) is 2.67. The molecule has 3 aromatic rings. The number of carbonyl (C=O) groups excluding carboxylic acids is 5. The van der Waals surface area contributed by atoms with Gasteiger partial charge in [-0.3, -0.25) is 24.0 Å². The second-order valence-electron chi connectivity index (χ2n) is 8.65. The second kappa shape index (κ2) is 23.7. The molecule has 1 amide bonds. The average Bonchev–Trinajstić information content (AvgIpc) is 2.96. The summed E-state index contributed by atoms with van der Waals surface area (Å²) in [6.07, 6.45) is 9.40. The molecule has 0 aromatic heterocycles. The Morgan fingerprint density at radius 2 is 0.976 bits per heavy atom. The van der Waals surface area contributed by atoms with E-state index >= 15 is 0 Å². The molecule has 7 heteroatoms. The minimum atomic E-state index is -0.265. The normalized spacial score (nSPS) is 9.83. The van der Waals surface area contributed by atoms with Crippen LogP contribution in [-0.2, 0) is 28.7 Å². The molecule has 0 saturated carbocycles. The fourth-order valence-corrected chi connectivity index (χ4v) is 2.67. The zero-order valence-corrected chi connectivity index (χ0v) is 24.8. The molecule has 0 atom stereocenters. The first-order valence-corrected chi connectivity index (χ1v) is 13.0. The molecule has 0 aliphatic rings. The number of ketones is 4.